The van der Waals surface area contributed by atoms with Crippen LogP contribution < -0.4 is 9.47 Å². The van der Waals surface area contributed by atoms with E-state index in [0.29, 0.717) is 0 Å². The molecule has 0 saturated heterocycles. The highest BCUT2D eigenvalue weighted by Gasteiger charge is 2.52. The van der Waals surface area contributed by atoms with Gasteiger partial charge >= 0.3 is 0 Å². The van der Waals surface area contributed by atoms with Gasteiger partial charge in [-0.1, -0.05) is 84.9 Å². The minimum absolute atomic E-state index is 0.442. The number of ether oxygens (including phenoxy) is 2. The Morgan fingerprint density at radius 1 is 0.366 bits per heavy atom. The monoisotopic (exact) mass is 524 g/mol. The van der Waals surface area contributed by atoms with E-state index in [1.807, 2.05) is 0 Å². The Balaban J connectivity index is 1.28. The highest BCUT2D eigenvalue weighted by molar-refractivity contribution is 5.96. The fraction of sp³-hybridized carbons (Fsp3) is 0.0769. The molecule has 6 aromatic carbocycles. The number of hydrogen-bond donors (Lipinski definition) is 0. The first-order valence-electron chi connectivity index (χ1n) is 14.3. The van der Waals surface area contributed by atoms with Crippen molar-refractivity contribution in [2.45, 2.75) is 18.3 Å². The first-order chi connectivity index (χ1) is 20.3. The van der Waals surface area contributed by atoms with Crippen LogP contribution in [0.15, 0.2) is 121 Å². The summed E-state index contributed by atoms with van der Waals surface area (Å²) in [5, 5.41) is 0. The summed E-state index contributed by atoms with van der Waals surface area (Å²) in [6.07, 6.45) is 1.75. The first-order valence-corrected chi connectivity index (χ1v) is 14.3. The molecule has 2 aliphatic heterocycles. The van der Waals surface area contributed by atoms with Crippen molar-refractivity contribution in [3.8, 4) is 45.3 Å². The lowest BCUT2D eigenvalue weighted by atomic mass is 9.70. The molecular weight excluding hydrogens is 500 g/mol. The van der Waals surface area contributed by atoms with Crippen LogP contribution in [0.3, 0.4) is 0 Å². The van der Waals surface area contributed by atoms with Crippen molar-refractivity contribution >= 4 is 0 Å². The van der Waals surface area contributed by atoms with Crippen molar-refractivity contribution in [3.63, 3.8) is 0 Å². The van der Waals surface area contributed by atoms with Crippen molar-refractivity contribution in [1.82, 2.24) is 0 Å². The summed E-state index contributed by atoms with van der Waals surface area (Å²) in [4.78, 5) is 0. The lowest BCUT2D eigenvalue weighted by Crippen LogP contribution is -2.26. The van der Waals surface area contributed by atoms with Gasteiger partial charge in [-0.25, -0.2) is 0 Å². The van der Waals surface area contributed by atoms with Crippen LogP contribution in [-0.2, 0) is 18.3 Å². The van der Waals surface area contributed by atoms with E-state index >= 15 is 0 Å². The maximum absolute atomic E-state index is 6.59. The van der Waals surface area contributed by atoms with Crippen molar-refractivity contribution < 1.29 is 9.47 Å². The molecule has 2 nitrogen and oxygen atoms in total. The molecule has 2 aliphatic carbocycles. The van der Waals surface area contributed by atoms with Crippen LogP contribution in [0.2, 0.25) is 0 Å². The third-order valence-electron chi connectivity index (χ3n) is 9.60. The molecule has 0 N–H and O–H groups in total. The summed E-state index contributed by atoms with van der Waals surface area (Å²) >= 11 is 0. The van der Waals surface area contributed by atoms with Gasteiger partial charge < -0.3 is 9.47 Å². The van der Waals surface area contributed by atoms with Gasteiger partial charge in [0.25, 0.3) is 0 Å². The Labute approximate surface area is 238 Å². The number of rotatable bonds is 0. The van der Waals surface area contributed by atoms with E-state index in [9.17, 15) is 0 Å². The molecule has 0 radical (unpaired) electrons. The molecule has 0 bridgehead atoms. The second kappa shape index (κ2) is 7.56. The quantitative estimate of drug-likeness (QED) is 0.197. The fourth-order valence-corrected chi connectivity index (χ4v) is 7.89. The van der Waals surface area contributed by atoms with E-state index in [-0.39, 0.29) is 0 Å². The van der Waals surface area contributed by atoms with Gasteiger partial charge in [0.2, 0.25) is 0 Å². The second-order valence-electron chi connectivity index (χ2n) is 11.6. The summed E-state index contributed by atoms with van der Waals surface area (Å²) in [7, 11) is 0. The lowest BCUT2D eigenvalue weighted by Gasteiger charge is -2.32. The van der Waals surface area contributed by atoms with E-state index in [0.717, 1.165) is 35.8 Å². The molecule has 10 rings (SSSR count). The first kappa shape index (κ1) is 21.7. The molecule has 0 saturated carbocycles. The summed E-state index contributed by atoms with van der Waals surface area (Å²) < 4.78 is 13.2. The average Bonchev–Trinajstić information content (AvgIpc) is 3.46. The molecule has 192 valence electrons. The Kier molecular flexibility index (Phi) is 4.00. The molecular formula is C39H24O2. The number of fused-ring (bicyclic) bond motifs is 14. The maximum Gasteiger partial charge on any atom is 0.131 e. The smallest absolute Gasteiger partial charge is 0.131 e. The molecule has 41 heavy (non-hydrogen) atoms. The fourth-order valence-electron chi connectivity index (χ4n) is 7.89. The van der Waals surface area contributed by atoms with Crippen LogP contribution in [-0.4, -0.2) is 0 Å². The molecule has 1 spiro atoms. The summed E-state index contributed by atoms with van der Waals surface area (Å²) in [5.41, 5.74) is 15.0. The predicted octanol–water partition coefficient (Wildman–Crippen LogP) is 9.42. The number of benzene rings is 6. The van der Waals surface area contributed by atoms with Gasteiger partial charge in [0.15, 0.2) is 0 Å². The Bertz CT molecular complexity index is 1970. The lowest BCUT2D eigenvalue weighted by molar-refractivity contribution is 0.458. The van der Waals surface area contributed by atoms with Crippen molar-refractivity contribution in [2.24, 2.45) is 0 Å². The largest absolute Gasteiger partial charge is 0.457 e. The second-order valence-corrected chi connectivity index (χ2v) is 11.6. The van der Waals surface area contributed by atoms with E-state index in [1.54, 1.807) is 0 Å². The predicted molar refractivity (Wildman–Crippen MR) is 161 cm³/mol. The Morgan fingerprint density at radius 2 is 0.805 bits per heavy atom. The third kappa shape index (κ3) is 2.68. The van der Waals surface area contributed by atoms with Gasteiger partial charge in [-0.05, 0) is 103 Å². The molecule has 0 atom stereocenters. The summed E-state index contributed by atoms with van der Waals surface area (Å²) in [5.74, 6) is 3.84. The summed E-state index contributed by atoms with van der Waals surface area (Å²) in [6, 6.07) is 44.2. The topological polar surface area (TPSA) is 18.5 Å². The number of para-hydroxylation sites is 2. The van der Waals surface area contributed by atoms with Gasteiger partial charge in [-0.15, -0.1) is 0 Å². The molecule has 0 amide bonds. The zero-order chi connectivity index (χ0) is 26.7. The zero-order valence-electron chi connectivity index (χ0n) is 22.3. The van der Waals surface area contributed by atoms with Gasteiger partial charge in [0.1, 0.15) is 23.0 Å². The van der Waals surface area contributed by atoms with Crippen LogP contribution in [0.25, 0.3) is 22.3 Å². The van der Waals surface area contributed by atoms with Crippen LogP contribution in [0.4, 0.5) is 0 Å². The average molecular weight is 525 g/mol. The minimum atomic E-state index is -0.442. The standard InChI is InChI=1S/C39H24O2/c1-7-15-35-23(9-1)17-25-19-29-27-11-3-5-13-31(27)39(33(29)21-37(25)40-35)32-14-6-4-12-28(32)30-20-26-18-24-10-2-8-16-36(24)41-38(26)22-34(30)39/h1-16,19-22H,17-18H2. The maximum atomic E-state index is 6.59. The van der Waals surface area contributed by atoms with Gasteiger partial charge in [0, 0.05) is 12.8 Å². The Hall–Kier alpha value is -5.08. The van der Waals surface area contributed by atoms with Gasteiger partial charge in [-0.3, -0.25) is 0 Å². The van der Waals surface area contributed by atoms with Gasteiger partial charge in [-0.2, -0.15) is 0 Å². The van der Waals surface area contributed by atoms with Crippen LogP contribution in [0.1, 0.15) is 44.5 Å². The third-order valence-corrected chi connectivity index (χ3v) is 9.60. The van der Waals surface area contributed by atoms with Crippen LogP contribution >= 0.6 is 0 Å². The van der Waals surface area contributed by atoms with Gasteiger partial charge in [0.05, 0.1) is 5.41 Å². The SMILES string of the molecule is c1ccc2c(c1)Cc1cc3c(cc1O2)C1(c2ccccc2-3)c2ccccc2-c2cc3c(cc21)Oc1ccccc1C3. The zero-order valence-corrected chi connectivity index (χ0v) is 22.3. The Morgan fingerprint density at radius 3 is 1.32 bits per heavy atom. The molecule has 6 aromatic rings. The molecule has 2 heterocycles. The normalized spacial score (nSPS) is 15.2. The van der Waals surface area contributed by atoms with E-state index in [1.165, 1.54) is 66.8 Å². The van der Waals surface area contributed by atoms with E-state index in [2.05, 4.69) is 121 Å². The summed E-state index contributed by atoms with van der Waals surface area (Å²) in [6.45, 7) is 0. The highest BCUT2D eigenvalue weighted by atomic mass is 16.5. The minimum Gasteiger partial charge on any atom is -0.457 e. The van der Waals surface area contributed by atoms with Crippen LogP contribution in [0, 0.1) is 0 Å². The van der Waals surface area contributed by atoms with E-state index < -0.39 is 5.41 Å². The van der Waals surface area contributed by atoms with Crippen LogP contribution in [0.5, 0.6) is 23.0 Å². The van der Waals surface area contributed by atoms with Crippen molar-refractivity contribution in [1.29, 1.82) is 0 Å². The molecule has 0 fully saturated rings. The molecule has 4 aliphatic rings. The van der Waals surface area contributed by atoms with Crippen molar-refractivity contribution in [2.75, 3.05) is 0 Å². The molecule has 0 aromatic heterocycles. The van der Waals surface area contributed by atoms with E-state index in [4.69, 9.17) is 9.47 Å². The van der Waals surface area contributed by atoms with Crippen molar-refractivity contribution in [3.05, 3.63) is 166 Å². The molecule has 2 heteroatoms. The highest BCUT2D eigenvalue weighted by Crippen LogP contribution is 2.64. The number of hydrogen-bond acceptors (Lipinski definition) is 2. The molecule has 0 unspecified atom stereocenters.